The molecule has 0 heterocycles. The van der Waals surface area contributed by atoms with E-state index in [0.29, 0.717) is 11.3 Å². The molecule has 2 rings (SSSR count). The molecule has 0 aromatic heterocycles. The number of non-ortho nitro benzene ring substituents is 1. The van der Waals surface area contributed by atoms with E-state index in [-0.39, 0.29) is 24.6 Å². The third-order valence-corrected chi connectivity index (χ3v) is 3.33. The minimum Gasteiger partial charge on any atom is -0.482 e. The Morgan fingerprint density at radius 3 is 2.46 bits per heavy atom. The lowest BCUT2D eigenvalue weighted by atomic mass is 10.2. The highest BCUT2D eigenvalue weighted by atomic mass is 16.6. The normalized spacial score (nSPS) is 10.5. The van der Waals surface area contributed by atoms with Crippen LogP contribution < -0.4 is 10.2 Å². The zero-order chi connectivity index (χ0) is 20.5. The average molecular weight is 388 g/mol. The van der Waals surface area contributed by atoms with Crippen molar-refractivity contribution in [2.75, 3.05) is 18.6 Å². The van der Waals surface area contributed by atoms with Crippen LogP contribution in [0.3, 0.4) is 0 Å². The van der Waals surface area contributed by atoms with Crippen LogP contribution in [0.4, 0.5) is 17.1 Å². The number of nitro benzene ring substituents is 2. The van der Waals surface area contributed by atoms with E-state index in [9.17, 15) is 25.0 Å². The lowest BCUT2D eigenvalue weighted by molar-refractivity contribution is -0.393. The molecular formula is C17H16N4O7. The molecule has 1 N–H and O–H groups in total. The van der Waals surface area contributed by atoms with Gasteiger partial charge in [0.25, 0.3) is 5.69 Å². The second-order valence-corrected chi connectivity index (χ2v) is 5.25. The van der Waals surface area contributed by atoms with Gasteiger partial charge in [0.1, 0.15) is 11.4 Å². The topological polar surface area (TPSA) is 146 Å². The van der Waals surface area contributed by atoms with Gasteiger partial charge in [-0.15, -0.1) is 0 Å². The summed E-state index contributed by atoms with van der Waals surface area (Å²) in [6, 6.07) is 9.77. The molecule has 0 saturated carbocycles. The Balaban J connectivity index is 2.00. The van der Waals surface area contributed by atoms with Gasteiger partial charge in [0.05, 0.1) is 28.7 Å². The number of anilines is 1. The molecule has 0 fully saturated rings. The van der Waals surface area contributed by atoms with E-state index in [1.54, 1.807) is 31.2 Å². The fraction of sp³-hybridized carbons (Fsp3) is 0.176. The van der Waals surface area contributed by atoms with Crippen molar-refractivity contribution in [3.8, 4) is 5.75 Å². The van der Waals surface area contributed by atoms with Gasteiger partial charge < -0.3 is 9.47 Å². The lowest BCUT2D eigenvalue weighted by Crippen LogP contribution is -2.14. The van der Waals surface area contributed by atoms with Crippen LogP contribution in [-0.4, -0.2) is 35.2 Å². The smallest absolute Gasteiger partial charge is 0.344 e. The Bertz CT molecular complexity index is 897. The number of carbonyl (C=O) groups excluding carboxylic acids is 1. The molecule has 0 spiro atoms. The number of hydrogen-bond acceptors (Lipinski definition) is 9. The maximum absolute atomic E-state index is 11.2. The number of hydrazone groups is 1. The largest absolute Gasteiger partial charge is 0.482 e. The highest BCUT2D eigenvalue weighted by molar-refractivity contribution is 5.81. The molecule has 0 saturated heterocycles. The maximum Gasteiger partial charge on any atom is 0.344 e. The zero-order valence-electron chi connectivity index (χ0n) is 14.7. The van der Waals surface area contributed by atoms with E-state index in [1.807, 2.05) is 0 Å². The average Bonchev–Trinajstić information content (AvgIpc) is 2.67. The lowest BCUT2D eigenvalue weighted by Gasteiger charge is -2.05. The minimum atomic E-state index is -0.736. The predicted molar refractivity (Wildman–Crippen MR) is 99.5 cm³/mol. The van der Waals surface area contributed by atoms with E-state index in [2.05, 4.69) is 10.5 Å². The summed E-state index contributed by atoms with van der Waals surface area (Å²) in [5, 5.41) is 25.7. The van der Waals surface area contributed by atoms with Gasteiger partial charge >= 0.3 is 11.7 Å². The molecule has 0 aliphatic heterocycles. The Labute approximate surface area is 158 Å². The SMILES string of the molecule is CCOC(=O)COc1ccc(/C=N/Nc2ccc([N+](=O)[O-])cc2[N+](=O)[O-])cc1. The summed E-state index contributed by atoms with van der Waals surface area (Å²) in [5.74, 6) is -0.00815. The number of ether oxygens (including phenoxy) is 2. The third-order valence-electron chi connectivity index (χ3n) is 3.33. The fourth-order valence-corrected chi connectivity index (χ4v) is 2.05. The number of esters is 1. The molecule has 146 valence electrons. The molecule has 0 radical (unpaired) electrons. The number of nitrogens with zero attached hydrogens (tertiary/aromatic N) is 3. The van der Waals surface area contributed by atoms with Crippen molar-refractivity contribution in [2.45, 2.75) is 6.92 Å². The minimum absolute atomic E-state index is 0.0150. The van der Waals surface area contributed by atoms with Crippen LogP contribution in [0, 0.1) is 20.2 Å². The second kappa shape index (κ2) is 9.62. The molecule has 0 unspecified atom stereocenters. The Kier molecular flexibility index (Phi) is 6.97. The van der Waals surface area contributed by atoms with Crippen molar-refractivity contribution in [3.63, 3.8) is 0 Å². The van der Waals surface area contributed by atoms with Gasteiger partial charge in [-0.1, -0.05) is 0 Å². The fourth-order valence-electron chi connectivity index (χ4n) is 2.05. The van der Waals surface area contributed by atoms with Gasteiger partial charge in [-0.2, -0.15) is 5.10 Å². The van der Waals surface area contributed by atoms with Crippen LogP contribution in [0.2, 0.25) is 0 Å². The van der Waals surface area contributed by atoms with Crippen LogP contribution in [-0.2, 0) is 9.53 Å². The predicted octanol–water partition coefficient (Wildman–Crippen LogP) is 2.89. The van der Waals surface area contributed by atoms with E-state index in [1.165, 1.54) is 12.3 Å². The molecule has 28 heavy (non-hydrogen) atoms. The van der Waals surface area contributed by atoms with Crippen LogP contribution >= 0.6 is 0 Å². The van der Waals surface area contributed by atoms with E-state index in [4.69, 9.17) is 9.47 Å². The molecule has 0 aliphatic rings. The van der Waals surface area contributed by atoms with Gasteiger partial charge in [-0.25, -0.2) is 4.79 Å². The maximum atomic E-state index is 11.2. The molecule has 11 nitrogen and oxygen atoms in total. The van der Waals surface area contributed by atoms with Gasteiger partial charge in [0.2, 0.25) is 0 Å². The summed E-state index contributed by atoms with van der Waals surface area (Å²) >= 11 is 0. The van der Waals surface area contributed by atoms with Crippen LogP contribution in [0.5, 0.6) is 5.75 Å². The summed E-state index contributed by atoms with van der Waals surface area (Å²) in [6.07, 6.45) is 1.40. The molecule has 2 aromatic rings. The van der Waals surface area contributed by atoms with Crippen molar-refractivity contribution in [1.29, 1.82) is 0 Å². The van der Waals surface area contributed by atoms with Crippen molar-refractivity contribution in [2.24, 2.45) is 5.10 Å². The monoisotopic (exact) mass is 388 g/mol. The van der Waals surface area contributed by atoms with E-state index < -0.39 is 21.5 Å². The first kappa shape index (κ1) is 20.3. The van der Waals surface area contributed by atoms with Crippen molar-refractivity contribution in [1.82, 2.24) is 0 Å². The van der Waals surface area contributed by atoms with Gasteiger partial charge in [-0.3, -0.25) is 25.7 Å². The molecule has 0 bridgehead atoms. The summed E-state index contributed by atoms with van der Waals surface area (Å²) in [5.41, 5.74) is 2.31. The Hall–Kier alpha value is -4.02. The molecule has 2 aromatic carbocycles. The number of nitro groups is 2. The molecule has 0 atom stereocenters. The number of rotatable bonds is 9. The van der Waals surface area contributed by atoms with Crippen molar-refractivity contribution < 1.29 is 24.1 Å². The van der Waals surface area contributed by atoms with E-state index >= 15 is 0 Å². The first-order chi connectivity index (χ1) is 13.4. The summed E-state index contributed by atoms with van der Waals surface area (Å²) in [7, 11) is 0. The van der Waals surface area contributed by atoms with Crippen molar-refractivity contribution >= 4 is 29.2 Å². The second-order valence-electron chi connectivity index (χ2n) is 5.25. The quantitative estimate of drug-likeness (QED) is 0.298. The Morgan fingerprint density at radius 1 is 1.14 bits per heavy atom. The van der Waals surface area contributed by atoms with Gasteiger partial charge in [-0.05, 0) is 42.8 Å². The van der Waals surface area contributed by atoms with Gasteiger partial charge in [0, 0.05) is 6.07 Å². The first-order valence-electron chi connectivity index (χ1n) is 8.01. The number of hydrogen-bond donors (Lipinski definition) is 1. The highest BCUT2D eigenvalue weighted by Gasteiger charge is 2.19. The zero-order valence-corrected chi connectivity index (χ0v) is 14.7. The number of carbonyl (C=O) groups is 1. The standard InChI is InChI=1S/C17H16N4O7/c1-2-27-17(22)11-28-14-6-3-12(4-7-14)10-18-19-15-8-5-13(20(23)24)9-16(15)21(25)26/h3-10,19H,2,11H2,1H3/b18-10+. The van der Waals surface area contributed by atoms with Crippen molar-refractivity contribution in [3.05, 3.63) is 68.3 Å². The van der Waals surface area contributed by atoms with Gasteiger partial charge in [0.15, 0.2) is 6.61 Å². The summed E-state index contributed by atoms with van der Waals surface area (Å²) < 4.78 is 10.0. The molecule has 0 aliphatic carbocycles. The number of benzene rings is 2. The third kappa shape index (κ3) is 5.76. The van der Waals surface area contributed by atoms with E-state index in [0.717, 1.165) is 12.1 Å². The molecule has 0 amide bonds. The summed E-state index contributed by atoms with van der Waals surface area (Å²) in [4.78, 5) is 31.6. The van der Waals surface area contributed by atoms with Crippen LogP contribution in [0.15, 0.2) is 47.6 Å². The Morgan fingerprint density at radius 2 is 1.86 bits per heavy atom. The first-order valence-corrected chi connectivity index (χ1v) is 8.01. The summed E-state index contributed by atoms with van der Waals surface area (Å²) in [6.45, 7) is 1.77. The van der Waals surface area contributed by atoms with Crippen LogP contribution in [0.1, 0.15) is 12.5 Å². The van der Waals surface area contributed by atoms with Crippen LogP contribution in [0.25, 0.3) is 0 Å². The molecular weight excluding hydrogens is 372 g/mol. The number of nitrogens with one attached hydrogen (secondary N) is 1. The molecule has 11 heteroatoms. The highest BCUT2D eigenvalue weighted by Crippen LogP contribution is 2.28.